The van der Waals surface area contributed by atoms with Crippen molar-refractivity contribution in [1.29, 1.82) is 0 Å². The van der Waals surface area contributed by atoms with Crippen molar-refractivity contribution in [3.05, 3.63) is 54.5 Å². The zero-order valence-corrected chi connectivity index (χ0v) is 16.9. The smallest absolute Gasteiger partial charge is 0.276 e. The lowest BCUT2D eigenvalue weighted by molar-refractivity contribution is -0.111. The fourth-order valence-corrected chi connectivity index (χ4v) is 4.09. The lowest BCUT2D eigenvalue weighted by Crippen LogP contribution is -2.19. The van der Waals surface area contributed by atoms with Crippen LogP contribution < -0.4 is 5.32 Å². The molecule has 0 unspecified atom stereocenters. The van der Waals surface area contributed by atoms with Gasteiger partial charge in [0.05, 0.1) is 6.26 Å². The molecular weight excluding hydrogens is 410 g/mol. The van der Waals surface area contributed by atoms with E-state index in [-0.39, 0.29) is 5.70 Å². The number of furan rings is 1. The van der Waals surface area contributed by atoms with Crippen LogP contribution in [0.2, 0.25) is 0 Å². The Balaban J connectivity index is 1.70. The molecule has 4 rings (SSSR count). The summed E-state index contributed by atoms with van der Waals surface area (Å²) in [4.78, 5) is 13.1. The number of hydrogen-bond acceptors (Lipinski definition) is 9. The fraction of sp³-hybridized carbons (Fsp3) is 0.111. The summed E-state index contributed by atoms with van der Waals surface area (Å²) in [6, 6.07) is 12.8. The minimum absolute atomic E-state index is 0.184. The number of nitrogens with one attached hydrogen (secondary N) is 1. The second kappa shape index (κ2) is 8.80. The van der Waals surface area contributed by atoms with Gasteiger partial charge in [0, 0.05) is 11.6 Å². The summed E-state index contributed by atoms with van der Waals surface area (Å²) in [6.45, 7) is 2.03. The molecule has 146 valence electrons. The number of carbonyl (C=O) groups is 1. The van der Waals surface area contributed by atoms with Crippen molar-refractivity contribution in [2.45, 2.75) is 11.3 Å². The van der Waals surface area contributed by atoms with E-state index in [1.165, 1.54) is 22.3 Å². The molecule has 29 heavy (non-hydrogen) atoms. The van der Waals surface area contributed by atoms with Gasteiger partial charge in [-0.2, -0.15) is 4.68 Å². The summed E-state index contributed by atoms with van der Waals surface area (Å²) in [6.07, 6.45) is 3.10. The highest BCUT2D eigenvalue weighted by Crippen LogP contribution is 2.26. The molecule has 0 saturated carbocycles. The monoisotopic (exact) mass is 425 g/mol. The van der Waals surface area contributed by atoms with Gasteiger partial charge in [-0.05, 0) is 28.3 Å². The van der Waals surface area contributed by atoms with Gasteiger partial charge in [0.25, 0.3) is 5.91 Å². The fourth-order valence-electron chi connectivity index (χ4n) is 2.45. The zero-order valence-electron chi connectivity index (χ0n) is 15.2. The van der Waals surface area contributed by atoms with Gasteiger partial charge >= 0.3 is 0 Å². The maximum absolute atomic E-state index is 13.1. The maximum Gasteiger partial charge on any atom is 0.276 e. The molecule has 0 aliphatic heterocycles. The number of nitrogens with zero attached hydrogens (tertiary/aromatic N) is 6. The number of carbonyl (C=O) groups excluding carboxylic acids is 1. The first-order chi connectivity index (χ1) is 14.2. The molecule has 1 amide bonds. The van der Waals surface area contributed by atoms with Crippen LogP contribution in [0.25, 0.3) is 23.2 Å². The van der Waals surface area contributed by atoms with Crippen molar-refractivity contribution < 1.29 is 9.21 Å². The van der Waals surface area contributed by atoms with Gasteiger partial charge < -0.3 is 4.42 Å². The van der Waals surface area contributed by atoms with Crippen LogP contribution in [-0.2, 0) is 4.79 Å². The van der Waals surface area contributed by atoms with E-state index in [4.69, 9.17) is 4.42 Å². The number of amides is 1. The first-order valence-electron chi connectivity index (χ1n) is 8.61. The van der Waals surface area contributed by atoms with E-state index in [2.05, 4.69) is 31.0 Å². The summed E-state index contributed by atoms with van der Waals surface area (Å²) >= 11 is 2.87. The average Bonchev–Trinajstić information content (AvgIpc) is 3.49. The minimum atomic E-state index is -0.435. The summed E-state index contributed by atoms with van der Waals surface area (Å²) in [7, 11) is 0. The van der Waals surface area contributed by atoms with E-state index in [1.54, 1.807) is 30.0 Å². The lowest BCUT2D eigenvalue weighted by Gasteiger charge is -2.08. The van der Waals surface area contributed by atoms with Gasteiger partial charge in [-0.25, -0.2) is 0 Å². The van der Waals surface area contributed by atoms with Crippen LogP contribution in [0, 0.1) is 0 Å². The van der Waals surface area contributed by atoms with Crippen molar-refractivity contribution in [3.8, 4) is 11.4 Å². The Bertz CT molecular complexity index is 1120. The Hall–Kier alpha value is -3.31. The minimum Gasteiger partial charge on any atom is -0.465 e. The molecule has 0 spiro atoms. The average molecular weight is 425 g/mol. The third-order valence-corrected chi connectivity index (χ3v) is 5.53. The van der Waals surface area contributed by atoms with E-state index in [0.717, 1.165) is 15.7 Å². The molecule has 4 aromatic rings. The molecule has 9 nitrogen and oxygen atoms in total. The molecule has 0 saturated heterocycles. The Morgan fingerprint density at radius 2 is 2.07 bits per heavy atom. The molecule has 0 atom stereocenters. The van der Waals surface area contributed by atoms with E-state index in [9.17, 15) is 4.79 Å². The predicted octanol–water partition coefficient (Wildman–Crippen LogP) is 3.53. The van der Waals surface area contributed by atoms with Gasteiger partial charge in [-0.1, -0.05) is 60.4 Å². The SMILES string of the molecule is CCSc1nnc(NC(=O)C(=Cc2ccco2)n2nnnc2-c2ccccc2)s1. The van der Waals surface area contributed by atoms with Crippen LogP contribution in [0.5, 0.6) is 0 Å². The van der Waals surface area contributed by atoms with Crippen molar-refractivity contribution in [2.75, 3.05) is 11.1 Å². The van der Waals surface area contributed by atoms with Gasteiger partial charge in [0.1, 0.15) is 11.5 Å². The van der Waals surface area contributed by atoms with E-state index in [1.807, 2.05) is 37.3 Å². The van der Waals surface area contributed by atoms with Gasteiger partial charge in [-0.15, -0.1) is 15.3 Å². The Kier molecular flexibility index (Phi) is 5.77. The van der Waals surface area contributed by atoms with E-state index < -0.39 is 5.91 Å². The van der Waals surface area contributed by atoms with Gasteiger partial charge in [0.2, 0.25) is 5.13 Å². The molecule has 0 radical (unpaired) electrons. The quantitative estimate of drug-likeness (QED) is 0.272. The van der Waals surface area contributed by atoms with Crippen LogP contribution in [0.4, 0.5) is 5.13 Å². The molecule has 3 heterocycles. The van der Waals surface area contributed by atoms with E-state index >= 15 is 0 Å². The normalized spacial score (nSPS) is 11.6. The summed E-state index contributed by atoms with van der Waals surface area (Å²) < 4.78 is 7.53. The zero-order chi connectivity index (χ0) is 20.1. The standard InChI is InChI=1S/C18H15N7O2S2/c1-2-28-18-22-21-17(29-18)19-16(26)14(11-13-9-6-10-27-13)25-15(20-23-24-25)12-7-4-3-5-8-12/h3-11H,2H2,1H3,(H,19,21,26). The second-order valence-electron chi connectivity index (χ2n) is 5.59. The largest absolute Gasteiger partial charge is 0.465 e. The van der Waals surface area contributed by atoms with Crippen LogP contribution >= 0.6 is 23.1 Å². The predicted molar refractivity (Wildman–Crippen MR) is 111 cm³/mol. The lowest BCUT2D eigenvalue weighted by atomic mass is 10.2. The molecule has 1 aromatic carbocycles. The highest BCUT2D eigenvalue weighted by molar-refractivity contribution is 8.01. The first kappa shape index (κ1) is 19.0. The van der Waals surface area contributed by atoms with Crippen molar-refractivity contribution in [2.24, 2.45) is 0 Å². The van der Waals surface area contributed by atoms with Crippen LogP contribution in [0.1, 0.15) is 12.7 Å². The highest BCUT2D eigenvalue weighted by Gasteiger charge is 2.21. The molecular formula is C18H15N7O2S2. The number of thioether (sulfide) groups is 1. The van der Waals surface area contributed by atoms with Crippen molar-refractivity contribution >= 4 is 45.9 Å². The Morgan fingerprint density at radius 3 is 2.83 bits per heavy atom. The highest BCUT2D eigenvalue weighted by atomic mass is 32.2. The van der Waals surface area contributed by atoms with Gasteiger partial charge in [0.15, 0.2) is 10.2 Å². The topological polar surface area (TPSA) is 112 Å². The molecule has 0 aliphatic carbocycles. The van der Waals surface area contributed by atoms with Gasteiger partial charge in [-0.3, -0.25) is 10.1 Å². The van der Waals surface area contributed by atoms with Crippen LogP contribution in [0.15, 0.2) is 57.5 Å². The summed E-state index contributed by atoms with van der Waals surface area (Å²) in [5.74, 6) is 1.36. The number of anilines is 1. The molecule has 3 aromatic heterocycles. The third-order valence-electron chi connectivity index (χ3n) is 3.68. The Labute approximate surface area is 173 Å². The van der Waals surface area contributed by atoms with Crippen LogP contribution in [-0.4, -0.2) is 42.1 Å². The number of tetrazole rings is 1. The molecule has 0 fully saturated rings. The number of benzene rings is 1. The maximum atomic E-state index is 13.1. The van der Waals surface area contributed by atoms with Crippen LogP contribution in [0.3, 0.4) is 0 Å². The third kappa shape index (κ3) is 4.41. The number of rotatable bonds is 7. The summed E-state index contributed by atoms with van der Waals surface area (Å²) in [5.41, 5.74) is 0.955. The molecule has 0 aliphatic rings. The number of aromatic nitrogens is 6. The summed E-state index contributed by atoms with van der Waals surface area (Å²) in [5, 5.41) is 23.1. The Morgan fingerprint density at radius 1 is 1.21 bits per heavy atom. The number of hydrogen-bond donors (Lipinski definition) is 1. The van der Waals surface area contributed by atoms with Crippen molar-refractivity contribution in [1.82, 2.24) is 30.4 Å². The van der Waals surface area contributed by atoms with E-state index in [0.29, 0.717) is 16.7 Å². The van der Waals surface area contributed by atoms with Crippen molar-refractivity contribution in [3.63, 3.8) is 0 Å². The molecule has 0 bridgehead atoms. The first-order valence-corrected chi connectivity index (χ1v) is 10.4. The molecule has 11 heteroatoms. The molecule has 1 N–H and O–H groups in total. The second-order valence-corrected chi connectivity index (χ2v) is 8.07.